The van der Waals surface area contributed by atoms with Crippen molar-refractivity contribution in [2.45, 2.75) is 59.5 Å². The molecule has 8 heteroatoms. The minimum atomic E-state index is -2.60. The molecule has 0 amide bonds. The van der Waals surface area contributed by atoms with Crippen molar-refractivity contribution in [2.75, 3.05) is 7.05 Å². The highest BCUT2D eigenvalue weighted by molar-refractivity contribution is 8.15. The van der Waals surface area contributed by atoms with Crippen LogP contribution in [0.15, 0.2) is 52.8 Å². The topological polar surface area (TPSA) is 42.6 Å². The third kappa shape index (κ3) is 4.21. The maximum Gasteiger partial charge on any atom is 0.192 e. The fourth-order valence-electron chi connectivity index (χ4n) is 5.11. The Morgan fingerprint density at radius 1 is 1.06 bits per heavy atom. The van der Waals surface area contributed by atoms with Crippen LogP contribution < -0.4 is 5.30 Å². The lowest BCUT2D eigenvalue weighted by Gasteiger charge is -2.42. The highest BCUT2D eigenvalue weighted by atomic mass is 32.4. The summed E-state index contributed by atoms with van der Waals surface area (Å²) in [6, 6.07) is 14.4. The Balaban J connectivity index is 1.57. The van der Waals surface area contributed by atoms with Gasteiger partial charge in [0.2, 0.25) is 0 Å². The maximum absolute atomic E-state index is 7.00. The lowest BCUT2D eigenvalue weighted by Crippen LogP contribution is -2.37. The third-order valence-electron chi connectivity index (χ3n) is 7.13. The number of hydrogen-bond acceptors (Lipinski definition) is 5. The molecule has 180 valence electrons. The minimum Gasteiger partial charge on any atom is -0.327 e. The van der Waals surface area contributed by atoms with Crippen molar-refractivity contribution in [1.82, 2.24) is 14.5 Å². The number of aliphatic imine (C=N–C) groups is 1. The van der Waals surface area contributed by atoms with Gasteiger partial charge in [-0.2, -0.15) is 5.10 Å². The quantitative estimate of drug-likeness (QED) is 0.360. The molecule has 1 aliphatic heterocycles. The third-order valence-corrected chi connectivity index (χ3v) is 12.2. The predicted octanol–water partition coefficient (Wildman–Crippen LogP) is 6.82. The van der Waals surface area contributed by atoms with Crippen LogP contribution >= 0.6 is 17.8 Å². The van der Waals surface area contributed by atoms with Crippen LogP contribution in [0.4, 0.5) is 5.82 Å². The van der Waals surface area contributed by atoms with Crippen LogP contribution in [0.2, 0.25) is 0 Å². The minimum absolute atomic E-state index is 0.168. The van der Waals surface area contributed by atoms with Crippen LogP contribution in [0.3, 0.4) is 0 Å². The van der Waals surface area contributed by atoms with E-state index in [1.807, 2.05) is 29.8 Å². The van der Waals surface area contributed by atoms with Crippen molar-refractivity contribution in [3.63, 3.8) is 0 Å². The molecule has 1 unspecified atom stereocenters. The first-order valence-electron chi connectivity index (χ1n) is 12.0. The van der Waals surface area contributed by atoms with Crippen molar-refractivity contribution in [3.05, 3.63) is 58.4 Å². The van der Waals surface area contributed by atoms with E-state index >= 15 is 0 Å². The molecule has 0 spiro atoms. The van der Waals surface area contributed by atoms with Gasteiger partial charge in [0.15, 0.2) is 18.1 Å². The second-order valence-electron chi connectivity index (χ2n) is 10.4. The van der Waals surface area contributed by atoms with E-state index in [9.17, 15) is 0 Å². The monoisotopic (exact) mass is 512 g/mol. The average molecular weight is 513 g/mol. The fraction of sp³-hybridized carbons (Fsp3) is 0.462. The highest BCUT2D eigenvalue weighted by Crippen LogP contribution is 2.58. The molecule has 0 N–H and O–H groups in total. The molecule has 3 aromatic rings. The van der Waals surface area contributed by atoms with E-state index in [1.54, 1.807) is 11.3 Å². The standard InChI is InChI=1S/C26H33N4OPS2/c1-18-23-25(30(28-18)20-10-7-6-8-11-20)27-24(22-12-9-17-34-22)29(5)32(23,33)31-21-15-13-19(14-16-21)26(2,3)4/h6-12,17,19,21H,13-16H2,1-5H3. The fourth-order valence-corrected chi connectivity index (χ4v) is 9.58. The van der Waals surface area contributed by atoms with Gasteiger partial charge < -0.3 is 9.19 Å². The number of fused-ring (bicyclic) bond motifs is 1. The highest BCUT2D eigenvalue weighted by Gasteiger charge is 2.43. The van der Waals surface area contributed by atoms with Crippen LogP contribution in [0.25, 0.3) is 5.69 Å². The second-order valence-corrected chi connectivity index (χ2v) is 15.1. The number of aromatic nitrogens is 2. The van der Waals surface area contributed by atoms with Crippen molar-refractivity contribution in [3.8, 4) is 5.69 Å². The normalized spacial score (nSPS) is 25.2. The summed E-state index contributed by atoms with van der Waals surface area (Å²) in [5, 5.41) is 7.99. The molecule has 1 aromatic carbocycles. The van der Waals surface area contributed by atoms with E-state index < -0.39 is 6.42 Å². The number of para-hydroxylation sites is 1. The molecule has 1 aliphatic carbocycles. The molecule has 2 aromatic heterocycles. The number of benzene rings is 1. The number of rotatable bonds is 4. The molecule has 34 heavy (non-hydrogen) atoms. The van der Waals surface area contributed by atoms with Crippen molar-refractivity contribution < 1.29 is 4.52 Å². The zero-order valence-corrected chi connectivity index (χ0v) is 23.1. The summed E-state index contributed by atoms with van der Waals surface area (Å²) in [5.74, 6) is 2.43. The van der Waals surface area contributed by atoms with Crippen LogP contribution in [-0.4, -0.2) is 33.4 Å². The van der Waals surface area contributed by atoms with Gasteiger partial charge in [0.25, 0.3) is 0 Å². The molecule has 1 saturated carbocycles. The van der Waals surface area contributed by atoms with Crippen molar-refractivity contribution in [1.29, 1.82) is 0 Å². The number of thiophene rings is 1. The predicted molar refractivity (Wildman–Crippen MR) is 147 cm³/mol. The Kier molecular flexibility index (Phi) is 6.34. The van der Waals surface area contributed by atoms with Gasteiger partial charge in [0, 0.05) is 7.05 Å². The summed E-state index contributed by atoms with van der Waals surface area (Å²) in [6.07, 6.45) is 2.06. The van der Waals surface area contributed by atoms with Gasteiger partial charge in [-0.1, -0.05) is 45.0 Å². The Bertz CT molecular complexity index is 1240. The largest absolute Gasteiger partial charge is 0.327 e. The second kappa shape index (κ2) is 9.02. The lowest BCUT2D eigenvalue weighted by atomic mass is 9.72. The Hall–Kier alpha value is -1.79. The first-order chi connectivity index (χ1) is 16.2. The Morgan fingerprint density at radius 2 is 1.76 bits per heavy atom. The molecule has 5 rings (SSSR count). The van der Waals surface area contributed by atoms with Gasteiger partial charge in [-0.15, -0.1) is 11.3 Å². The molecule has 2 aliphatic rings. The van der Waals surface area contributed by atoms with Gasteiger partial charge in [0.05, 0.1) is 27.7 Å². The first kappa shape index (κ1) is 23.9. The summed E-state index contributed by atoms with van der Waals surface area (Å²) in [5.41, 5.74) is 2.23. The van der Waals surface area contributed by atoms with Gasteiger partial charge in [0.1, 0.15) is 0 Å². The number of aryl methyl sites for hydroxylation is 1. The SMILES string of the molecule is Cc1nn(-c2ccccc2)c2c1P(=S)(OC1CCC(C(C)(C)C)CC1)N(C)C(c1cccs1)=N2. The number of hydrogen-bond donors (Lipinski definition) is 0. The summed E-state index contributed by atoms with van der Waals surface area (Å²) in [7, 11) is 2.06. The first-order valence-corrected chi connectivity index (χ1v) is 15.5. The van der Waals surface area contributed by atoms with Crippen molar-refractivity contribution >= 4 is 46.5 Å². The van der Waals surface area contributed by atoms with Gasteiger partial charge in [-0.05, 0) is 79.3 Å². The Morgan fingerprint density at radius 3 is 2.38 bits per heavy atom. The molecule has 1 atom stereocenters. The number of nitrogens with zero attached hydrogens (tertiary/aromatic N) is 4. The average Bonchev–Trinajstić information content (AvgIpc) is 3.45. The summed E-state index contributed by atoms with van der Waals surface area (Å²) in [4.78, 5) is 6.23. The van der Waals surface area contributed by atoms with Gasteiger partial charge >= 0.3 is 0 Å². The van der Waals surface area contributed by atoms with E-state index in [0.29, 0.717) is 5.41 Å². The number of amidine groups is 1. The van der Waals surface area contributed by atoms with E-state index in [1.165, 1.54) is 12.8 Å². The van der Waals surface area contributed by atoms with E-state index in [0.717, 1.165) is 52.0 Å². The van der Waals surface area contributed by atoms with E-state index in [2.05, 4.69) is 62.1 Å². The Labute approximate surface area is 212 Å². The van der Waals surface area contributed by atoms with Crippen molar-refractivity contribution in [2.24, 2.45) is 16.3 Å². The smallest absolute Gasteiger partial charge is 0.192 e. The van der Waals surface area contributed by atoms with Gasteiger partial charge in [-0.3, -0.25) is 0 Å². The zero-order chi connectivity index (χ0) is 24.1. The zero-order valence-electron chi connectivity index (χ0n) is 20.6. The van der Waals surface area contributed by atoms with E-state index in [4.69, 9.17) is 26.4 Å². The van der Waals surface area contributed by atoms with Crippen LogP contribution in [-0.2, 0) is 16.3 Å². The molecule has 3 heterocycles. The van der Waals surface area contributed by atoms with Crippen LogP contribution in [0, 0.1) is 18.3 Å². The summed E-state index contributed by atoms with van der Waals surface area (Å²) in [6.45, 7) is 9.10. The molecule has 0 saturated heterocycles. The maximum atomic E-state index is 7.00. The molecule has 0 radical (unpaired) electrons. The van der Waals surface area contributed by atoms with Crippen LogP contribution in [0.1, 0.15) is 57.0 Å². The molecule has 1 fully saturated rings. The van der Waals surface area contributed by atoms with Crippen LogP contribution in [0.5, 0.6) is 0 Å². The van der Waals surface area contributed by atoms with E-state index in [-0.39, 0.29) is 6.10 Å². The molecular weight excluding hydrogens is 479 g/mol. The molecular formula is C26H33N4OPS2. The van der Waals surface area contributed by atoms with Gasteiger partial charge in [-0.25, -0.2) is 9.67 Å². The summed E-state index contributed by atoms with van der Waals surface area (Å²) >= 11 is 8.18. The summed E-state index contributed by atoms with van der Waals surface area (Å²) < 4.78 is 11.1. The molecule has 5 nitrogen and oxygen atoms in total. The lowest BCUT2D eigenvalue weighted by molar-refractivity contribution is 0.0941. The molecule has 0 bridgehead atoms.